The molecule has 0 atom stereocenters. The maximum absolute atomic E-state index is 13.4. The summed E-state index contributed by atoms with van der Waals surface area (Å²) in [7, 11) is 0. The zero-order valence-electron chi connectivity index (χ0n) is 13.6. The predicted octanol–water partition coefficient (Wildman–Crippen LogP) is 7.05. The Kier molecular flexibility index (Phi) is 6.21. The summed E-state index contributed by atoms with van der Waals surface area (Å²) in [4.78, 5) is 5.44. The highest BCUT2D eigenvalue weighted by molar-refractivity contribution is 8.02. The Morgan fingerprint density at radius 1 is 0.885 bits per heavy atom. The average Bonchev–Trinajstić information content (AvgIpc) is 2.63. The van der Waals surface area contributed by atoms with E-state index in [1.54, 1.807) is 36.4 Å². The van der Waals surface area contributed by atoms with Crippen LogP contribution in [0.2, 0.25) is 5.02 Å². The molecular weight excluding hydrogens is 372 g/mol. The number of hydrogen-bond acceptors (Lipinski definition) is 2. The van der Waals surface area contributed by atoms with Crippen LogP contribution in [-0.2, 0) is 0 Å². The molecule has 1 nitrogen and oxygen atoms in total. The van der Waals surface area contributed by atoms with E-state index in [2.05, 4.69) is 4.99 Å². The Morgan fingerprint density at radius 3 is 2.31 bits per heavy atom. The van der Waals surface area contributed by atoms with Gasteiger partial charge in [0.1, 0.15) is 11.6 Å². The molecular formula is C21H14ClF2NS. The first-order valence-corrected chi connectivity index (χ1v) is 9.05. The maximum Gasteiger partial charge on any atom is 0.125 e. The second kappa shape index (κ2) is 8.79. The van der Waals surface area contributed by atoms with E-state index in [-0.39, 0.29) is 11.6 Å². The lowest BCUT2D eigenvalue weighted by Gasteiger charge is -2.04. The summed E-state index contributed by atoms with van der Waals surface area (Å²) in [5.74, 6) is -0.612. The molecule has 0 aliphatic rings. The molecule has 5 heteroatoms. The van der Waals surface area contributed by atoms with Gasteiger partial charge in [-0.05, 0) is 66.1 Å². The van der Waals surface area contributed by atoms with Gasteiger partial charge in [0, 0.05) is 15.5 Å². The van der Waals surface area contributed by atoms with Crippen LogP contribution in [0.25, 0.3) is 0 Å². The summed E-state index contributed by atoms with van der Waals surface area (Å²) in [6.45, 7) is 0. The van der Waals surface area contributed by atoms with Crippen molar-refractivity contribution in [2.75, 3.05) is 0 Å². The van der Waals surface area contributed by atoms with Crippen molar-refractivity contribution in [3.8, 4) is 0 Å². The number of hydrogen-bond donors (Lipinski definition) is 0. The number of rotatable bonds is 5. The van der Waals surface area contributed by atoms with Crippen LogP contribution in [0.15, 0.2) is 94.2 Å². The zero-order valence-corrected chi connectivity index (χ0v) is 15.1. The smallest absolute Gasteiger partial charge is 0.125 e. The number of thioether (sulfide) groups is 1. The molecule has 0 fully saturated rings. The quantitative estimate of drug-likeness (QED) is 0.338. The van der Waals surface area contributed by atoms with Crippen LogP contribution in [0, 0.1) is 11.6 Å². The number of allylic oxidation sites excluding steroid dienone is 1. The van der Waals surface area contributed by atoms with Crippen molar-refractivity contribution in [1.29, 1.82) is 0 Å². The topological polar surface area (TPSA) is 12.4 Å². The van der Waals surface area contributed by atoms with Gasteiger partial charge >= 0.3 is 0 Å². The molecule has 0 amide bonds. The minimum atomic E-state index is -0.341. The first-order chi connectivity index (χ1) is 12.6. The molecule has 0 saturated heterocycles. The molecule has 130 valence electrons. The molecule has 0 spiro atoms. The van der Waals surface area contributed by atoms with Crippen LogP contribution in [0.1, 0.15) is 5.56 Å². The van der Waals surface area contributed by atoms with Crippen LogP contribution in [0.3, 0.4) is 0 Å². The molecule has 26 heavy (non-hydrogen) atoms. The molecule has 0 N–H and O–H groups in total. The van der Waals surface area contributed by atoms with Crippen LogP contribution in [0.5, 0.6) is 0 Å². The summed E-state index contributed by atoms with van der Waals surface area (Å²) in [5.41, 5.74) is 2.04. The van der Waals surface area contributed by atoms with Gasteiger partial charge in [0.2, 0.25) is 0 Å². The molecule has 3 aromatic carbocycles. The van der Waals surface area contributed by atoms with Gasteiger partial charge < -0.3 is 0 Å². The molecule has 0 unspecified atom stereocenters. The van der Waals surface area contributed by atoms with E-state index in [1.165, 1.54) is 36.0 Å². The summed E-state index contributed by atoms with van der Waals surface area (Å²) in [6.07, 6.45) is 1.84. The van der Waals surface area contributed by atoms with E-state index in [0.717, 1.165) is 10.5 Å². The summed E-state index contributed by atoms with van der Waals surface area (Å²) in [5, 5.41) is 2.49. The Bertz CT molecular complexity index is 935. The van der Waals surface area contributed by atoms with Gasteiger partial charge in [-0.15, -0.1) is 0 Å². The summed E-state index contributed by atoms with van der Waals surface area (Å²) >= 11 is 7.39. The number of benzene rings is 3. The molecule has 0 aliphatic carbocycles. The van der Waals surface area contributed by atoms with Gasteiger partial charge in [-0.1, -0.05) is 41.6 Å². The lowest BCUT2D eigenvalue weighted by atomic mass is 10.1. The highest BCUT2D eigenvalue weighted by Crippen LogP contribution is 2.22. The minimum absolute atomic E-state index is 0.271. The Balaban J connectivity index is 1.88. The normalized spacial score (nSPS) is 11.9. The zero-order chi connectivity index (χ0) is 18.4. The number of aliphatic imine (C=N–C) groups is 1. The van der Waals surface area contributed by atoms with Crippen molar-refractivity contribution in [3.05, 3.63) is 107 Å². The highest BCUT2D eigenvalue weighted by atomic mass is 35.5. The fraction of sp³-hybridized carbons (Fsp3) is 0. The van der Waals surface area contributed by atoms with Gasteiger partial charge in [0.25, 0.3) is 0 Å². The van der Waals surface area contributed by atoms with Crippen LogP contribution >= 0.6 is 23.4 Å². The standard InChI is InChI=1S/C21H14ClF2NS/c22-16-6-4-15(5-7-16)21(25-19-3-1-2-18(24)14-19)12-13-26-20-10-8-17(23)9-11-20/h1-14H/b13-12+,25-21-. The highest BCUT2D eigenvalue weighted by Gasteiger charge is 2.02. The number of halogens is 3. The predicted molar refractivity (Wildman–Crippen MR) is 105 cm³/mol. The summed E-state index contributed by atoms with van der Waals surface area (Å²) in [6, 6.07) is 19.6. The van der Waals surface area contributed by atoms with Crippen molar-refractivity contribution >= 4 is 34.8 Å². The third-order valence-corrected chi connectivity index (χ3v) is 4.51. The molecule has 0 aromatic heterocycles. The van der Waals surface area contributed by atoms with E-state index in [4.69, 9.17) is 11.6 Å². The van der Waals surface area contributed by atoms with Gasteiger partial charge in [0.15, 0.2) is 0 Å². The fourth-order valence-corrected chi connectivity index (χ4v) is 2.97. The third kappa shape index (κ3) is 5.28. The minimum Gasteiger partial charge on any atom is -0.248 e. The van der Waals surface area contributed by atoms with Crippen LogP contribution in [-0.4, -0.2) is 5.71 Å². The van der Waals surface area contributed by atoms with E-state index >= 15 is 0 Å². The van der Waals surface area contributed by atoms with Crippen LogP contribution < -0.4 is 0 Å². The van der Waals surface area contributed by atoms with Gasteiger partial charge in [0.05, 0.1) is 11.4 Å². The largest absolute Gasteiger partial charge is 0.248 e. The Morgan fingerprint density at radius 2 is 1.62 bits per heavy atom. The van der Waals surface area contributed by atoms with Gasteiger partial charge in [-0.25, -0.2) is 13.8 Å². The van der Waals surface area contributed by atoms with Crippen molar-refractivity contribution in [2.45, 2.75) is 4.90 Å². The van der Waals surface area contributed by atoms with E-state index < -0.39 is 0 Å². The van der Waals surface area contributed by atoms with Crippen LogP contribution in [0.4, 0.5) is 14.5 Å². The molecule has 0 aliphatic heterocycles. The van der Waals surface area contributed by atoms with E-state index in [0.29, 0.717) is 16.4 Å². The first kappa shape index (κ1) is 18.4. The monoisotopic (exact) mass is 385 g/mol. The average molecular weight is 386 g/mol. The lowest BCUT2D eigenvalue weighted by Crippen LogP contribution is -1.95. The number of nitrogens with zero attached hydrogens (tertiary/aromatic N) is 1. The second-order valence-electron chi connectivity index (χ2n) is 5.36. The van der Waals surface area contributed by atoms with Crippen molar-refractivity contribution in [3.63, 3.8) is 0 Å². The van der Waals surface area contributed by atoms with Crippen molar-refractivity contribution in [1.82, 2.24) is 0 Å². The SMILES string of the molecule is Fc1ccc(S/C=C/C(=N/c2cccc(F)c2)c2ccc(Cl)cc2)cc1. The molecule has 0 bridgehead atoms. The molecule has 0 saturated carbocycles. The fourth-order valence-electron chi connectivity index (χ4n) is 2.19. The van der Waals surface area contributed by atoms with Gasteiger partial charge in [-0.2, -0.15) is 0 Å². The third-order valence-electron chi connectivity index (χ3n) is 3.44. The van der Waals surface area contributed by atoms with Crippen molar-refractivity contribution < 1.29 is 8.78 Å². The first-order valence-electron chi connectivity index (χ1n) is 7.79. The van der Waals surface area contributed by atoms with E-state index in [9.17, 15) is 8.78 Å². The molecule has 3 aromatic rings. The Hall–Kier alpha value is -2.43. The Labute approximate surface area is 160 Å². The summed E-state index contributed by atoms with van der Waals surface area (Å²) < 4.78 is 26.4. The molecule has 0 heterocycles. The molecule has 3 rings (SSSR count). The second-order valence-corrected chi connectivity index (χ2v) is 6.77. The molecule has 0 radical (unpaired) electrons. The van der Waals surface area contributed by atoms with E-state index in [1.807, 2.05) is 23.6 Å². The lowest BCUT2D eigenvalue weighted by molar-refractivity contribution is 0.626. The maximum atomic E-state index is 13.4. The van der Waals surface area contributed by atoms with Crippen molar-refractivity contribution in [2.24, 2.45) is 4.99 Å². The van der Waals surface area contributed by atoms with Gasteiger partial charge in [-0.3, -0.25) is 0 Å².